The van der Waals surface area contributed by atoms with Crippen molar-refractivity contribution >= 4 is 0 Å². The Morgan fingerprint density at radius 3 is 2.74 bits per heavy atom. The molecule has 1 saturated heterocycles. The number of piperidine rings is 1. The van der Waals surface area contributed by atoms with Crippen LogP contribution < -0.4 is 4.74 Å². The summed E-state index contributed by atoms with van der Waals surface area (Å²) in [5.41, 5.74) is 5.36. The zero-order valence-corrected chi connectivity index (χ0v) is 20.8. The molecule has 3 aromatic heterocycles. The van der Waals surface area contributed by atoms with Gasteiger partial charge in [0.2, 0.25) is 5.88 Å². The molecule has 9 heteroatoms. The first-order valence-electron chi connectivity index (χ1n) is 12.5. The Bertz CT molecular complexity index is 1220. The summed E-state index contributed by atoms with van der Waals surface area (Å²) in [5.74, 6) is 0.967. The largest absolute Gasteiger partial charge is 0.480 e. The lowest BCUT2D eigenvalue weighted by atomic mass is 9.96. The Hall–Kier alpha value is -3.22. The molecule has 3 aromatic rings. The van der Waals surface area contributed by atoms with Crippen LogP contribution in [-0.4, -0.2) is 68.9 Å². The number of pyridine rings is 1. The van der Waals surface area contributed by atoms with Crippen molar-refractivity contribution in [3.05, 3.63) is 41.5 Å². The Labute approximate surface area is 206 Å². The Balaban J connectivity index is 1.43. The summed E-state index contributed by atoms with van der Waals surface area (Å²) >= 11 is 0. The molecule has 0 spiro atoms. The minimum Gasteiger partial charge on any atom is -0.480 e. The molecule has 0 amide bonds. The van der Waals surface area contributed by atoms with E-state index in [9.17, 15) is 5.26 Å². The lowest BCUT2D eigenvalue weighted by Crippen LogP contribution is -2.39. The molecule has 0 aromatic carbocycles. The maximum absolute atomic E-state index is 9.53. The van der Waals surface area contributed by atoms with Crippen molar-refractivity contribution in [1.29, 1.82) is 5.26 Å². The predicted molar refractivity (Wildman–Crippen MR) is 132 cm³/mol. The fraction of sp³-hybridized carbons (Fsp3) is 0.538. The molecule has 0 saturated carbocycles. The quantitative estimate of drug-likeness (QED) is 0.540. The highest BCUT2D eigenvalue weighted by molar-refractivity contribution is 5.64. The fourth-order valence-corrected chi connectivity index (χ4v) is 5.20. The van der Waals surface area contributed by atoms with E-state index in [2.05, 4.69) is 40.7 Å². The van der Waals surface area contributed by atoms with E-state index >= 15 is 0 Å². The Morgan fingerprint density at radius 2 is 2.00 bits per heavy atom. The zero-order chi connectivity index (χ0) is 24.4. The molecule has 5 heterocycles. The number of nitrogens with zero attached hydrogens (tertiary/aromatic N) is 7. The van der Waals surface area contributed by atoms with Crippen molar-refractivity contribution in [2.75, 3.05) is 33.4 Å². The SMILES string of the molecule is COc1ncc(-n2nc(-c3cnn(CC4CCN(C(C)C)CC4)c3)c3c2CCOCC3)cc1C#N. The van der Waals surface area contributed by atoms with Crippen LogP contribution in [0.3, 0.4) is 0 Å². The number of fused-ring (bicyclic) bond motifs is 1. The van der Waals surface area contributed by atoms with Gasteiger partial charge in [0.05, 0.1) is 49.8 Å². The standard InChI is InChI=1S/C26H33N7O2/c1-18(2)31-8-4-19(5-9-31)16-32-17-21(14-29-32)25-23-6-10-35-11-7-24(23)33(30-25)22-12-20(13-27)26(34-3)28-15-22/h12,14-15,17-19H,4-11,16H2,1-3H3. The number of likely N-dealkylation sites (tertiary alicyclic amines) is 1. The molecule has 0 N–H and O–H groups in total. The van der Waals surface area contributed by atoms with E-state index in [-0.39, 0.29) is 0 Å². The van der Waals surface area contributed by atoms with E-state index < -0.39 is 0 Å². The van der Waals surface area contributed by atoms with Crippen LogP contribution >= 0.6 is 0 Å². The number of rotatable bonds is 6. The number of ether oxygens (including phenoxy) is 2. The van der Waals surface area contributed by atoms with Gasteiger partial charge in [0.1, 0.15) is 11.6 Å². The van der Waals surface area contributed by atoms with Gasteiger partial charge < -0.3 is 14.4 Å². The molecule has 2 aliphatic rings. The van der Waals surface area contributed by atoms with E-state index in [1.165, 1.54) is 25.5 Å². The molecule has 0 atom stereocenters. The van der Waals surface area contributed by atoms with Crippen LogP contribution in [-0.2, 0) is 24.1 Å². The second kappa shape index (κ2) is 10.2. The highest BCUT2D eigenvalue weighted by atomic mass is 16.5. The van der Waals surface area contributed by atoms with E-state index in [4.69, 9.17) is 19.7 Å². The lowest BCUT2D eigenvalue weighted by molar-refractivity contribution is 0.140. The molecule has 0 aliphatic carbocycles. The third kappa shape index (κ3) is 4.81. The van der Waals surface area contributed by atoms with Crippen molar-refractivity contribution in [3.63, 3.8) is 0 Å². The number of hydrogen-bond acceptors (Lipinski definition) is 7. The Morgan fingerprint density at radius 1 is 1.20 bits per heavy atom. The first-order chi connectivity index (χ1) is 17.1. The van der Waals surface area contributed by atoms with Crippen LogP contribution in [0, 0.1) is 17.2 Å². The fourth-order valence-electron chi connectivity index (χ4n) is 5.20. The van der Waals surface area contributed by atoms with Gasteiger partial charge in [-0.25, -0.2) is 9.67 Å². The highest BCUT2D eigenvalue weighted by Gasteiger charge is 2.25. The van der Waals surface area contributed by atoms with Crippen LogP contribution in [0.5, 0.6) is 5.88 Å². The topological polar surface area (TPSA) is 94.0 Å². The normalized spacial score (nSPS) is 17.2. The van der Waals surface area contributed by atoms with Gasteiger partial charge in [-0.2, -0.15) is 15.5 Å². The van der Waals surface area contributed by atoms with Gasteiger partial charge in [-0.1, -0.05) is 0 Å². The van der Waals surface area contributed by atoms with Crippen molar-refractivity contribution in [2.45, 2.75) is 52.1 Å². The average Bonchev–Trinajstić information content (AvgIpc) is 3.40. The van der Waals surface area contributed by atoms with Crippen LogP contribution in [0.2, 0.25) is 0 Å². The van der Waals surface area contributed by atoms with E-state index in [0.717, 1.165) is 55.1 Å². The van der Waals surface area contributed by atoms with Gasteiger partial charge in [0, 0.05) is 36.3 Å². The average molecular weight is 476 g/mol. The molecule has 9 nitrogen and oxygen atoms in total. The first-order valence-corrected chi connectivity index (χ1v) is 12.5. The molecule has 0 unspecified atom stereocenters. The second-order valence-electron chi connectivity index (χ2n) is 9.68. The lowest BCUT2D eigenvalue weighted by Gasteiger charge is -2.34. The third-order valence-corrected chi connectivity index (χ3v) is 7.20. The van der Waals surface area contributed by atoms with E-state index in [1.807, 2.05) is 10.9 Å². The minimum absolute atomic E-state index is 0.318. The van der Waals surface area contributed by atoms with Gasteiger partial charge in [0.25, 0.3) is 0 Å². The van der Waals surface area contributed by atoms with Gasteiger partial charge in [-0.05, 0) is 58.2 Å². The first kappa shape index (κ1) is 23.5. The molecule has 5 rings (SSSR count). The molecular formula is C26H33N7O2. The monoisotopic (exact) mass is 475 g/mol. The number of aromatic nitrogens is 5. The number of hydrogen-bond donors (Lipinski definition) is 0. The van der Waals surface area contributed by atoms with Gasteiger partial charge in [-0.15, -0.1) is 0 Å². The molecule has 2 aliphatic heterocycles. The third-order valence-electron chi connectivity index (χ3n) is 7.20. The number of methoxy groups -OCH3 is 1. The van der Waals surface area contributed by atoms with E-state index in [1.54, 1.807) is 12.3 Å². The summed E-state index contributed by atoms with van der Waals surface area (Å²) < 4.78 is 15.0. The molecule has 0 radical (unpaired) electrons. The van der Waals surface area contributed by atoms with Crippen molar-refractivity contribution in [1.82, 2.24) is 29.4 Å². The summed E-state index contributed by atoms with van der Waals surface area (Å²) in [7, 11) is 1.52. The van der Waals surface area contributed by atoms with Crippen molar-refractivity contribution in [2.24, 2.45) is 5.92 Å². The highest BCUT2D eigenvalue weighted by Crippen LogP contribution is 2.31. The van der Waals surface area contributed by atoms with Gasteiger partial charge >= 0.3 is 0 Å². The summed E-state index contributed by atoms with van der Waals surface area (Å²) in [6.45, 7) is 9.11. The molecular weight excluding hydrogens is 442 g/mol. The summed E-state index contributed by atoms with van der Waals surface area (Å²) in [5, 5.41) is 19.2. The summed E-state index contributed by atoms with van der Waals surface area (Å²) in [6, 6.07) is 4.57. The maximum atomic E-state index is 9.53. The molecule has 35 heavy (non-hydrogen) atoms. The number of nitriles is 1. The van der Waals surface area contributed by atoms with Crippen LogP contribution in [0.4, 0.5) is 0 Å². The minimum atomic E-state index is 0.318. The van der Waals surface area contributed by atoms with Crippen LogP contribution in [0.25, 0.3) is 16.9 Å². The summed E-state index contributed by atoms with van der Waals surface area (Å²) in [4.78, 5) is 6.88. The smallest absolute Gasteiger partial charge is 0.231 e. The predicted octanol–water partition coefficient (Wildman–Crippen LogP) is 3.25. The second-order valence-corrected chi connectivity index (χ2v) is 9.68. The van der Waals surface area contributed by atoms with Gasteiger partial charge in [-0.3, -0.25) is 4.68 Å². The van der Waals surface area contributed by atoms with Crippen molar-refractivity contribution in [3.8, 4) is 28.9 Å². The summed E-state index contributed by atoms with van der Waals surface area (Å²) in [6.07, 6.45) is 9.71. The molecule has 184 valence electrons. The van der Waals surface area contributed by atoms with Crippen molar-refractivity contribution < 1.29 is 9.47 Å². The van der Waals surface area contributed by atoms with Gasteiger partial charge in [0.15, 0.2) is 0 Å². The Kier molecular flexibility index (Phi) is 6.84. The van der Waals surface area contributed by atoms with Crippen LogP contribution in [0.15, 0.2) is 24.7 Å². The molecule has 0 bridgehead atoms. The van der Waals surface area contributed by atoms with E-state index in [0.29, 0.717) is 36.6 Å². The maximum Gasteiger partial charge on any atom is 0.231 e. The van der Waals surface area contributed by atoms with Crippen LogP contribution in [0.1, 0.15) is 43.5 Å². The zero-order valence-electron chi connectivity index (χ0n) is 20.8. The molecule has 1 fully saturated rings.